The zero-order valence-corrected chi connectivity index (χ0v) is 13.1. The van der Waals surface area contributed by atoms with E-state index in [-0.39, 0.29) is 0 Å². The third-order valence-electron chi connectivity index (χ3n) is 4.58. The van der Waals surface area contributed by atoms with E-state index in [1.165, 1.54) is 24.8 Å². The second kappa shape index (κ2) is 6.97. The second-order valence-electron chi connectivity index (χ2n) is 5.82. The normalized spacial score (nSPS) is 16.3. The van der Waals surface area contributed by atoms with E-state index in [2.05, 4.69) is 59.7 Å². The summed E-state index contributed by atoms with van der Waals surface area (Å²) in [6.45, 7) is 13.9. The molecule has 0 saturated heterocycles. The predicted octanol–water partition coefficient (Wildman–Crippen LogP) is 6.23. The Morgan fingerprint density at radius 3 is 1.72 bits per heavy atom. The third-order valence-corrected chi connectivity index (χ3v) is 4.58. The van der Waals surface area contributed by atoms with Crippen molar-refractivity contribution in [3.8, 4) is 0 Å². The molecule has 0 aliphatic heterocycles. The van der Waals surface area contributed by atoms with Crippen molar-refractivity contribution in [2.24, 2.45) is 0 Å². The molecule has 0 aromatic heterocycles. The fraction of sp³-hybridized carbons (Fsp3) is 0.667. The van der Waals surface area contributed by atoms with Crippen molar-refractivity contribution < 1.29 is 0 Å². The van der Waals surface area contributed by atoms with E-state index >= 15 is 0 Å². The van der Waals surface area contributed by atoms with Gasteiger partial charge >= 0.3 is 0 Å². The highest BCUT2D eigenvalue weighted by molar-refractivity contribution is 5.38. The van der Waals surface area contributed by atoms with Crippen LogP contribution in [0.5, 0.6) is 0 Å². The van der Waals surface area contributed by atoms with E-state index in [1.807, 2.05) is 0 Å². The summed E-state index contributed by atoms with van der Waals surface area (Å²) < 4.78 is 0. The minimum absolute atomic E-state index is 0.679. The van der Waals surface area contributed by atoms with Crippen LogP contribution in [0.3, 0.4) is 0 Å². The predicted molar refractivity (Wildman–Crippen MR) is 82.6 cm³/mol. The van der Waals surface area contributed by atoms with Crippen LogP contribution in [0.15, 0.2) is 18.2 Å². The van der Waals surface area contributed by atoms with Gasteiger partial charge in [0.2, 0.25) is 0 Å². The lowest BCUT2D eigenvalue weighted by atomic mass is 9.83. The summed E-state index contributed by atoms with van der Waals surface area (Å²) >= 11 is 0. The molecule has 1 rings (SSSR count). The van der Waals surface area contributed by atoms with Crippen LogP contribution in [0.25, 0.3) is 0 Å². The number of hydrogen-bond donors (Lipinski definition) is 0. The lowest BCUT2D eigenvalue weighted by Gasteiger charge is -2.22. The van der Waals surface area contributed by atoms with E-state index in [4.69, 9.17) is 0 Å². The van der Waals surface area contributed by atoms with E-state index in [1.54, 1.807) is 11.1 Å². The molecule has 3 atom stereocenters. The average molecular weight is 246 g/mol. The smallest absolute Gasteiger partial charge is 0.0190 e. The molecule has 0 radical (unpaired) electrons. The fourth-order valence-corrected chi connectivity index (χ4v) is 2.45. The van der Waals surface area contributed by atoms with Gasteiger partial charge in [-0.3, -0.25) is 0 Å². The molecule has 1 aromatic carbocycles. The average Bonchev–Trinajstić information content (AvgIpc) is 2.43. The monoisotopic (exact) mass is 246 g/mol. The summed E-state index contributed by atoms with van der Waals surface area (Å²) in [7, 11) is 0. The third kappa shape index (κ3) is 3.37. The Hall–Kier alpha value is -0.780. The molecule has 0 amide bonds. The van der Waals surface area contributed by atoms with Crippen LogP contribution < -0.4 is 0 Å². The Labute approximate surface area is 114 Å². The zero-order valence-electron chi connectivity index (χ0n) is 13.1. The first-order valence-corrected chi connectivity index (χ1v) is 7.68. The molecule has 0 aliphatic carbocycles. The molecule has 0 nitrogen and oxygen atoms in total. The van der Waals surface area contributed by atoms with Gasteiger partial charge in [0.1, 0.15) is 0 Å². The van der Waals surface area contributed by atoms with E-state index in [9.17, 15) is 0 Å². The lowest BCUT2D eigenvalue weighted by molar-refractivity contribution is 0.668. The molecule has 102 valence electrons. The van der Waals surface area contributed by atoms with Crippen LogP contribution in [0.1, 0.15) is 95.2 Å². The van der Waals surface area contributed by atoms with Gasteiger partial charge < -0.3 is 0 Å². The van der Waals surface area contributed by atoms with Crippen molar-refractivity contribution in [3.05, 3.63) is 34.9 Å². The molecule has 0 aliphatic rings. The highest BCUT2D eigenvalue weighted by Crippen LogP contribution is 2.33. The van der Waals surface area contributed by atoms with Crippen molar-refractivity contribution in [2.45, 2.75) is 78.6 Å². The van der Waals surface area contributed by atoms with Crippen LogP contribution >= 0.6 is 0 Å². The van der Waals surface area contributed by atoms with Crippen molar-refractivity contribution in [3.63, 3.8) is 0 Å². The molecule has 0 fully saturated rings. The Bertz CT molecular complexity index is 364. The SMILES string of the molecule is CCC(C)c1ccc(C(C)CC)c(C(C)CC)c1. The summed E-state index contributed by atoms with van der Waals surface area (Å²) in [5.74, 6) is 2.04. The largest absolute Gasteiger partial charge is 0.0648 e. The minimum Gasteiger partial charge on any atom is -0.0648 e. The number of benzene rings is 1. The summed E-state index contributed by atoms with van der Waals surface area (Å²) in [5, 5.41) is 0. The Balaban J connectivity index is 3.20. The van der Waals surface area contributed by atoms with Crippen LogP contribution in [-0.2, 0) is 0 Å². The molecule has 0 saturated carbocycles. The van der Waals surface area contributed by atoms with Gasteiger partial charge in [-0.25, -0.2) is 0 Å². The van der Waals surface area contributed by atoms with E-state index in [0.29, 0.717) is 17.8 Å². The van der Waals surface area contributed by atoms with E-state index in [0.717, 1.165) is 0 Å². The fourth-order valence-electron chi connectivity index (χ4n) is 2.45. The Kier molecular flexibility index (Phi) is 5.91. The van der Waals surface area contributed by atoms with Gasteiger partial charge in [-0.15, -0.1) is 0 Å². The van der Waals surface area contributed by atoms with Crippen LogP contribution in [0.4, 0.5) is 0 Å². The highest BCUT2D eigenvalue weighted by atomic mass is 14.2. The maximum absolute atomic E-state index is 2.48. The molecule has 3 unspecified atom stereocenters. The molecule has 1 aromatic rings. The molecule has 0 N–H and O–H groups in total. The molecular weight excluding hydrogens is 216 g/mol. The lowest BCUT2D eigenvalue weighted by Crippen LogP contribution is -2.04. The second-order valence-corrected chi connectivity index (χ2v) is 5.82. The van der Waals surface area contributed by atoms with Crippen molar-refractivity contribution in [1.82, 2.24) is 0 Å². The molecule has 0 heterocycles. The Morgan fingerprint density at radius 2 is 1.22 bits per heavy atom. The van der Waals surface area contributed by atoms with Crippen LogP contribution in [-0.4, -0.2) is 0 Å². The van der Waals surface area contributed by atoms with Gasteiger partial charge in [0.15, 0.2) is 0 Å². The van der Waals surface area contributed by atoms with Gasteiger partial charge in [0, 0.05) is 0 Å². The van der Waals surface area contributed by atoms with Gasteiger partial charge in [-0.1, -0.05) is 59.7 Å². The number of rotatable bonds is 6. The van der Waals surface area contributed by atoms with Crippen LogP contribution in [0.2, 0.25) is 0 Å². The highest BCUT2D eigenvalue weighted by Gasteiger charge is 2.15. The van der Waals surface area contributed by atoms with E-state index < -0.39 is 0 Å². The maximum atomic E-state index is 2.48. The first-order chi connectivity index (χ1) is 8.54. The van der Waals surface area contributed by atoms with Gasteiger partial charge in [-0.05, 0) is 53.7 Å². The zero-order chi connectivity index (χ0) is 13.7. The van der Waals surface area contributed by atoms with Gasteiger partial charge in [0.05, 0.1) is 0 Å². The Morgan fingerprint density at radius 1 is 0.722 bits per heavy atom. The summed E-state index contributed by atoms with van der Waals surface area (Å²) in [5.41, 5.74) is 4.67. The first kappa shape index (κ1) is 15.3. The summed E-state index contributed by atoms with van der Waals surface area (Å²) in [6, 6.07) is 7.21. The summed E-state index contributed by atoms with van der Waals surface area (Å²) in [4.78, 5) is 0. The first-order valence-electron chi connectivity index (χ1n) is 7.68. The molecule has 18 heavy (non-hydrogen) atoms. The molecule has 0 spiro atoms. The molecule has 0 heteroatoms. The van der Waals surface area contributed by atoms with Crippen molar-refractivity contribution in [2.75, 3.05) is 0 Å². The standard InChI is InChI=1S/C18H30/c1-7-13(4)16-10-11-17(14(5)8-2)18(12-16)15(6)9-3/h10-15H,7-9H2,1-6H3. The molecular formula is C18H30. The summed E-state index contributed by atoms with van der Waals surface area (Å²) in [6.07, 6.45) is 3.68. The topological polar surface area (TPSA) is 0 Å². The molecule has 0 bridgehead atoms. The quantitative estimate of drug-likeness (QED) is 0.558. The van der Waals surface area contributed by atoms with Gasteiger partial charge in [-0.2, -0.15) is 0 Å². The number of hydrogen-bond acceptors (Lipinski definition) is 0. The van der Waals surface area contributed by atoms with Crippen LogP contribution in [0, 0.1) is 0 Å². The maximum Gasteiger partial charge on any atom is -0.0190 e. The van der Waals surface area contributed by atoms with Crippen molar-refractivity contribution in [1.29, 1.82) is 0 Å². The minimum atomic E-state index is 0.679. The van der Waals surface area contributed by atoms with Crippen molar-refractivity contribution >= 4 is 0 Å². The van der Waals surface area contributed by atoms with Gasteiger partial charge in [0.25, 0.3) is 0 Å².